The van der Waals surface area contributed by atoms with Gasteiger partial charge >= 0.3 is 0 Å². The maximum absolute atomic E-state index is 11.6. The number of para-hydroxylation sites is 1. The van der Waals surface area contributed by atoms with E-state index >= 15 is 0 Å². The third kappa shape index (κ3) is 2.03. The van der Waals surface area contributed by atoms with E-state index in [2.05, 4.69) is 9.97 Å². The Morgan fingerprint density at radius 3 is 2.74 bits per heavy atom. The van der Waals surface area contributed by atoms with Gasteiger partial charge in [0, 0.05) is 40.5 Å². The molecule has 3 heterocycles. The van der Waals surface area contributed by atoms with E-state index in [4.69, 9.17) is 11.5 Å². The topological polar surface area (TPSA) is 94.9 Å². The van der Waals surface area contributed by atoms with Crippen molar-refractivity contribution >= 4 is 43.9 Å². The first-order valence-electron chi connectivity index (χ1n) is 6.96. The van der Waals surface area contributed by atoms with Gasteiger partial charge in [0.1, 0.15) is 4.88 Å². The van der Waals surface area contributed by atoms with Gasteiger partial charge in [0.2, 0.25) is 0 Å². The van der Waals surface area contributed by atoms with Crippen molar-refractivity contribution < 1.29 is 4.79 Å². The van der Waals surface area contributed by atoms with Gasteiger partial charge < -0.3 is 11.5 Å². The third-order valence-corrected chi connectivity index (χ3v) is 4.94. The van der Waals surface area contributed by atoms with Crippen LogP contribution in [0.2, 0.25) is 0 Å². The summed E-state index contributed by atoms with van der Waals surface area (Å²) in [7, 11) is 0. The summed E-state index contributed by atoms with van der Waals surface area (Å²) in [6, 6.07) is 9.86. The van der Waals surface area contributed by atoms with Gasteiger partial charge in [-0.1, -0.05) is 24.3 Å². The number of rotatable bonds is 2. The molecule has 5 nitrogen and oxygen atoms in total. The Bertz CT molecular complexity index is 1070. The highest BCUT2D eigenvalue weighted by Crippen LogP contribution is 2.40. The van der Waals surface area contributed by atoms with Gasteiger partial charge in [-0.25, -0.2) is 0 Å². The van der Waals surface area contributed by atoms with Crippen LogP contribution >= 0.6 is 11.3 Å². The number of hydrogen-bond donors (Lipinski definition) is 2. The molecule has 0 saturated carbocycles. The first-order valence-corrected chi connectivity index (χ1v) is 7.78. The van der Waals surface area contributed by atoms with Crippen molar-refractivity contribution in [2.75, 3.05) is 5.73 Å². The minimum Gasteiger partial charge on any atom is -0.397 e. The summed E-state index contributed by atoms with van der Waals surface area (Å²) in [5.41, 5.74) is 14.7. The van der Waals surface area contributed by atoms with Crippen molar-refractivity contribution in [2.24, 2.45) is 5.73 Å². The third-order valence-electron chi connectivity index (χ3n) is 3.78. The highest BCUT2D eigenvalue weighted by Gasteiger charge is 2.18. The van der Waals surface area contributed by atoms with Gasteiger partial charge in [-0.2, -0.15) is 0 Å². The SMILES string of the molecule is NC(=O)c1sc2cncc(-c3cccc4cccnc34)c2c1N. The second-order valence-electron chi connectivity index (χ2n) is 5.15. The van der Waals surface area contributed by atoms with Crippen LogP contribution in [0.3, 0.4) is 0 Å². The lowest BCUT2D eigenvalue weighted by Crippen LogP contribution is -2.10. The molecule has 0 aliphatic heterocycles. The summed E-state index contributed by atoms with van der Waals surface area (Å²) in [5, 5.41) is 1.84. The Labute approximate surface area is 135 Å². The number of aromatic nitrogens is 2. The van der Waals surface area contributed by atoms with E-state index < -0.39 is 5.91 Å². The largest absolute Gasteiger partial charge is 0.397 e. The number of nitrogen functional groups attached to an aromatic ring is 1. The molecule has 1 amide bonds. The second kappa shape index (κ2) is 5.03. The molecule has 0 bridgehead atoms. The number of hydrogen-bond acceptors (Lipinski definition) is 5. The van der Waals surface area contributed by atoms with E-state index in [1.54, 1.807) is 18.6 Å². The molecule has 4 rings (SSSR count). The summed E-state index contributed by atoms with van der Waals surface area (Å²) in [5.74, 6) is -0.523. The fourth-order valence-corrected chi connectivity index (χ4v) is 3.75. The van der Waals surface area contributed by atoms with E-state index in [-0.39, 0.29) is 0 Å². The average molecular weight is 320 g/mol. The number of pyridine rings is 2. The number of nitrogens with zero attached hydrogens (tertiary/aromatic N) is 2. The maximum Gasteiger partial charge on any atom is 0.260 e. The lowest BCUT2D eigenvalue weighted by Gasteiger charge is -2.07. The Kier molecular flexibility index (Phi) is 2.99. The Morgan fingerprint density at radius 2 is 1.91 bits per heavy atom. The van der Waals surface area contributed by atoms with Gasteiger partial charge in [0.15, 0.2) is 0 Å². The van der Waals surface area contributed by atoms with Crippen molar-refractivity contribution in [1.29, 1.82) is 0 Å². The highest BCUT2D eigenvalue weighted by molar-refractivity contribution is 7.21. The van der Waals surface area contributed by atoms with Gasteiger partial charge in [0.25, 0.3) is 5.91 Å². The fraction of sp³-hybridized carbons (Fsp3) is 0. The molecular weight excluding hydrogens is 308 g/mol. The van der Waals surface area contributed by atoms with E-state index in [9.17, 15) is 4.79 Å². The number of nitrogens with two attached hydrogens (primary N) is 2. The molecule has 0 aliphatic rings. The van der Waals surface area contributed by atoms with Crippen molar-refractivity contribution in [2.45, 2.75) is 0 Å². The fourth-order valence-electron chi connectivity index (χ4n) is 2.78. The van der Waals surface area contributed by atoms with Gasteiger partial charge in [-0.3, -0.25) is 14.8 Å². The molecule has 3 aromatic heterocycles. The summed E-state index contributed by atoms with van der Waals surface area (Å²) in [6.45, 7) is 0. The van der Waals surface area contributed by atoms with Crippen LogP contribution in [0.4, 0.5) is 5.69 Å². The zero-order chi connectivity index (χ0) is 16.0. The Hall–Kier alpha value is -2.99. The van der Waals surface area contributed by atoms with Gasteiger partial charge in [-0.05, 0) is 6.07 Å². The molecule has 0 aliphatic carbocycles. The Morgan fingerprint density at radius 1 is 1.09 bits per heavy atom. The molecule has 6 heteroatoms. The summed E-state index contributed by atoms with van der Waals surface area (Å²) in [6.07, 6.45) is 5.20. The molecule has 0 fully saturated rings. The lowest BCUT2D eigenvalue weighted by atomic mass is 10.00. The van der Waals surface area contributed by atoms with Crippen molar-refractivity contribution in [3.8, 4) is 11.1 Å². The minimum atomic E-state index is -0.523. The number of anilines is 1. The Balaban J connectivity index is 2.11. The summed E-state index contributed by atoms with van der Waals surface area (Å²) < 4.78 is 0.835. The van der Waals surface area contributed by atoms with Crippen LogP contribution in [-0.4, -0.2) is 15.9 Å². The molecule has 4 N–H and O–H groups in total. The maximum atomic E-state index is 11.6. The van der Waals surface area contributed by atoms with E-state index in [1.807, 2.05) is 30.3 Å². The molecule has 0 unspecified atom stereocenters. The van der Waals surface area contributed by atoms with Crippen LogP contribution in [-0.2, 0) is 0 Å². The summed E-state index contributed by atoms with van der Waals surface area (Å²) >= 11 is 1.26. The minimum absolute atomic E-state index is 0.363. The lowest BCUT2D eigenvalue weighted by molar-refractivity contribution is 0.100. The number of thiophene rings is 1. The van der Waals surface area contributed by atoms with Crippen molar-refractivity contribution in [3.63, 3.8) is 0 Å². The van der Waals surface area contributed by atoms with E-state index in [0.717, 1.165) is 32.1 Å². The molecule has 23 heavy (non-hydrogen) atoms. The van der Waals surface area contributed by atoms with Crippen LogP contribution in [0, 0.1) is 0 Å². The smallest absolute Gasteiger partial charge is 0.260 e. The van der Waals surface area contributed by atoms with Gasteiger partial charge in [0.05, 0.1) is 15.9 Å². The molecule has 0 spiro atoms. The molecule has 0 radical (unpaired) electrons. The number of amides is 1. The van der Waals surface area contributed by atoms with Crippen LogP contribution < -0.4 is 11.5 Å². The van der Waals surface area contributed by atoms with Gasteiger partial charge in [-0.15, -0.1) is 11.3 Å². The number of primary amides is 1. The number of benzene rings is 1. The average Bonchev–Trinajstić information content (AvgIpc) is 2.92. The zero-order valence-corrected chi connectivity index (χ0v) is 12.8. The first kappa shape index (κ1) is 13.7. The van der Waals surface area contributed by atoms with Crippen LogP contribution in [0.25, 0.3) is 32.1 Å². The number of fused-ring (bicyclic) bond motifs is 2. The first-order chi connectivity index (χ1) is 11.2. The standard InChI is InChI=1S/C17H12N4OS/c18-14-13-11(7-20-8-12(13)23-16(14)17(19)22)10-5-1-3-9-4-2-6-21-15(9)10/h1-8H,18H2,(H2,19,22). The zero-order valence-electron chi connectivity index (χ0n) is 12.0. The predicted octanol–water partition coefficient (Wildman–Crippen LogP) is 3.19. The van der Waals surface area contributed by atoms with Crippen LogP contribution in [0.5, 0.6) is 0 Å². The monoisotopic (exact) mass is 320 g/mol. The number of carbonyl (C=O) groups is 1. The molecule has 112 valence electrons. The summed E-state index contributed by atoms with van der Waals surface area (Å²) in [4.78, 5) is 20.7. The van der Waals surface area contributed by atoms with E-state index in [0.29, 0.717) is 10.6 Å². The van der Waals surface area contributed by atoms with Crippen molar-refractivity contribution in [1.82, 2.24) is 9.97 Å². The molecule has 1 aromatic carbocycles. The van der Waals surface area contributed by atoms with Crippen LogP contribution in [0.1, 0.15) is 9.67 Å². The molecule has 4 aromatic rings. The predicted molar refractivity (Wildman–Crippen MR) is 93.3 cm³/mol. The molecule has 0 atom stereocenters. The normalized spacial score (nSPS) is 11.1. The number of carbonyl (C=O) groups excluding carboxylic acids is 1. The van der Waals surface area contributed by atoms with Crippen molar-refractivity contribution in [3.05, 3.63) is 53.8 Å². The molecule has 0 saturated heterocycles. The molecular formula is C17H12N4OS. The highest BCUT2D eigenvalue weighted by atomic mass is 32.1. The second-order valence-corrected chi connectivity index (χ2v) is 6.20. The van der Waals surface area contributed by atoms with Crippen LogP contribution in [0.15, 0.2) is 48.9 Å². The quantitative estimate of drug-likeness (QED) is 0.593. The van der Waals surface area contributed by atoms with E-state index in [1.165, 1.54) is 11.3 Å².